The quantitative estimate of drug-likeness (QED) is 0.537. The molecule has 0 aliphatic heterocycles. The zero-order valence-corrected chi connectivity index (χ0v) is 7.77. The number of nitrogens with zero attached hydrogens (tertiary/aromatic N) is 1. The summed E-state index contributed by atoms with van der Waals surface area (Å²) in [5.74, 6) is 5.59. The molecule has 3 nitrogen and oxygen atoms in total. The van der Waals surface area contributed by atoms with Crippen LogP contribution in [0.1, 0.15) is 12.5 Å². The molecular formula is C10H15N3. The van der Waals surface area contributed by atoms with Gasteiger partial charge in [0.05, 0.1) is 5.70 Å². The number of hydrogen-bond donors (Lipinski definition) is 2. The molecule has 1 aromatic carbocycles. The summed E-state index contributed by atoms with van der Waals surface area (Å²) in [6.07, 6.45) is 1.73. The van der Waals surface area contributed by atoms with Crippen molar-refractivity contribution in [3.8, 4) is 0 Å². The van der Waals surface area contributed by atoms with Crippen molar-refractivity contribution in [1.82, 2.24) is 5.01 Å². The Morgan fingerprint density at radius 2 is 2.00 bits per heavy atom. The van der Waals surface area contributed by atoms with E-state index in [1.165, 1.54) is 0 Å². The highest BCUT2D eigenvalue weighted by Crippen LogP contribution is 2.07. The average molecular weight is 177 g/mol. The maximum Gasteiger partial charge on any atom is 0.0564 e. The van der Waals surface area contributed by atoms with Gasteiger partial charge in [-0.15, -0.1) is 0 Å². The van der Waals surface area contributed by atoms with Gasteiger partial charge in [-0.3, -0.25) is 0 Å². The van der Waals surface area contributed by atoms with Crippen LogP contribution in [0.5, 0.6) is 0 Å². The molecule has 0 amide bonds. The number of rotatable bonds is 3. The van der Waals surface area contributed by atoms with Crippen LogP contribution in [-0.4, -0.2) is 11.6 Å². The van der Waals surface area contributed by atoms with E-state index in [4.69, 9.17) is 11.6 Å². The fourth-order valence-corrected chi connectivity index (χ4v) is 0.975. The second-order valence-corrected chi connectivity index (χ2v) is 2.78. The lowest BCUT2D eigenvalue weighted by Crippen LogP contribution is -2.25. The SMILES string of the molecule is CCN(N)/C=C(\N)c1ccccc1. The van der Waals surface area contributed by atoms with Crippen molar-refractivity contribution in [3.05, 3.63) is 42.1 Å². The van der Waals surface area contributed by atoms with Crippen LogP contribution >= 0.6 is 0 Å². The summed E-state index contributed by atoms with van der Waals surface area (Å²) in [5.41, 5.74) is 7.49. The monoisotopic (exact) mass is 177 g/mol. The number of hydrogen-bond acceptors (Lipinski definition) is 3. The Hall–Kier alpha value is -1.48. The van der Waals surface area contributed by atoms with E-state index in [1.54, 1.807) is 11.2 Å². The Labute approximate surface area is 78.6 Å². The first kappa shape index (κ1) is 9.61. The molecule has 0 bridgehead atoms. The number of hydrazine groups is 1. The highest BCUT2D eigenvalue weighted by atomic mass is 15.4. The van der Waals surface area contributed by atoms with E-state index >= 15 is 0 Å². The first-order valence-corrected chi connectivity index (χ1v) is 4.28. The van der Waals surface area contributed by atoms with Gasteiger partial charge in [0.15, 0.2) is 0 Å². The zero-order chi connectivity index (χ0) is 9.68. The Balaban J connectivity index is 2.79. The summed E-state index contributed by atoms with van der Waals surface area (Å²) in [4.78, 5) is 0. The Bertz CT molecular complexity index is 279. The second-order valence-electron chi connectivity index (χ2n) is 2.78. The van der Waals surface area contributed by atoms with Gasteiger partial charge in [0.2, 0.25) is 0 Å². The molecule has 0 saturated heterocycles. The summed E-state index contributed by atoms with van der Waals surface area (Å²) in [7, 11) is 0. The average Bonchev–Trinajstić information content (AvgIpc) is 2.19. The molecule has 70 valence electrons. The van der Waals surface area contributed by atoms with Gasteiger partial charge in [0.1, 0.15) is 0 Å². The van der Waals surface area contributed by atoms with E-state index in [1.807, 2.05) is 37.3 Å². The van der Waals surface area contributed by atoms with Gasteiger partial charge < -0.3 is 10.7 Å². The third-order valence-electron chi connectivity index (χ3n) is 1.78. The minimum Gasteiger partial charge on any atom is -0.397 e. The molecule has 3 heteroatoms. The van der Waals surface area contributed by atoms with Crippen LogP contribution in [0.4, 0.5) is 0 Å². The lowest BCUT2D eigenvalue weighted by Gasteiger charge is -2.11. The van der Waals surface area contributed by atoms with E-state index in [0.29, 0.717) is 5.70 Å². The van der Waals surface area contributed by atoms with Crippen molar-refractivity contribution in [1.29, 1.82) is 0 Å². The molecule has 0 unspecified atom stereocenters. The van der Waals surface area contributed by atoms with Crippen molar-refractivity contribution in [3.63, 3.8) is 0 Å². The molecule has 13 heavy (non-hydrogen) atoms. The summed E-state index contributed by atoms with van der Waals surface area (Å²) in [6.45, 7) is 2.71. The molecule has 4 N–H and O–H groups in total. The first-order valence-electron chi connectivity index (χ1n) is 4.28. The fraction of sp³-hybridized carbons (Fsp3) is 0.200. The van der Waals surface area contributed by atoms with Gasteiger partial charge in [0.25, 0.3) is 0 Å². The summed E-state index contributed by atoms with van der Waals surface area (Å²) >= 11 is 0. The van der Waals surface area contributed by atoms with Crippen LogP contribution in [0.3, 0.4) is 0 Å². The maximum atomic E-state index is 5.81. The molecule has 0 aliphatic carbocycles. The summed E-state index contributed by atoms with van der Waals surface area (Å²) in [6, 6.07) is 9.76. The standard InChI is InChI=1S/C10H15N3/c1-2-13(12)8-10(11)9-6-4-3-5-7-9/h3-8H,2,11-12H2,1H3/b10-8-. The van der Waals surface area contributed by atoms with Crippen molar-refractivity contribution in [2.45, 2.75) is 6.92 Å². The van der Waals surface area contributed by atoms with E-state index in [2.05, 4.69) is 0 Å². The third-order valence-corrected chi connectivity index (χ3v) is 1.78. The normalized spacial score (nSPS) is 11.4. The Kier molecular flexibility index (Phi) is 3.34. The van der Waals surface area contributed by atoms with Gasteiger partial charge in [-0.2, -0.15) is 0 Å². The summed E-state index contributed by atoms with van der Waals surface area (Å²) < 4.78 is 0. The molecule has 0 aliphatic rings. The largest absolute Gasteiger partial charge is 0.397 e. The Morgan fingerprint density at radius 3 is 2.54 bits per heavy atom. The lowest BCUT2D eigenvalue weighted by molar-refractivity contribution is 0.418. The molecule has 0 saturated carbocycles. The lowest BCUT2D eigenvalue weighted by atomic mass is 10.2. The van der Waals surface area contributed by atoms with Gasteiger partial charge >= 0.3 is 0 Å². The predicted octanol–water partition coefficient (Wildman–Crippen LogP) is 1.14. The van der Waals surface area contributed by atoms with Crippen molar-refractivity contribution >= 4 is 5.70 Å². The molecule has 0 heterocycles. The number of benzene rings is 1. The topological polar surface area (TPSA) is 55.3 Å². The smallest absolute Gasteiger partial charge is 0.0564 e. The molecule has 0 atom stereocenters. The highest BCUT2D eigenvalue weighted by Gasteiger charge is 1.95. The van der Waals surface area contributed by atoms with Crippen LogP contribution < -0.4 is 11.6 Å². The van der Waals surface area contributed by atoms with Crippen molar-refractivity contribution in [2.24, 2.45) is 11.6 Å². The van der Waals surface area contributed by atoms with Crippen LogP contribution in [-0.2, 0) is 0 Å². The fourth-order valence-electron chi connectivity index (χ4n) is 0.975. The predicted molar refractivity (Wildman–Crippen MR) is 55.2 cm³/mol. The molecule has 0 radical (unpaired) electrons. The van der Waals surface area contributed by atoms with E-state index < -0.39 is 0 Å². The minimum atomic E-state index is 0.685. The molecular weight excluding hydrogens is 162 g/mol. The van der Waals surface area contributed by atoms with Crippen LogP contribution in [0.2, 0.25) is 0 Å². The molecule has 1 aromatic rings. The third kappa shape index (κ3) is 2.80. The molecule has 0 spiro atoms. The van der Waals surface area contributed by atoms with Crippen LogP contribution in [0, 0.1) is 0 Å². The van der Waals surface area contributed by atoms with Gasteiger partial charge in [0, 0.05) is 12.7 Å². The Morgan fingerprint density at radius 1 is 1.38 bits per heavy atom. The van der Waals surface area contributed by atoms with E-state index in [9.17, 15) is 0 Å². The number of nitrogens with two attached hydrogens (primary N) is 2. The second kappa shape index (κ2) is 4.52. The molecule has 0 aromatic heterocycles. The highest BCUT2D eigenvalue weighted by molar-refractivity contribution is 5.61. The van der Waals surface area contributed by atoms with E-state index in [-0.39, 0.29) is 0 Å². The van der Waals surface area contributed by atoms with Crippen molar-refractivity contribution in [2.75, 3.05) is 6.54 Å². The zero-order valence-electron chi connectivity index (χ0n) is 7.77. The molecule has 1 rings (SSSR count). The van der Waals surface area contributed by atoms with Crippen LogP contribution in [0.15, 0.2) is 36.5 Å². The van der Waals surface area contributed by atoms with Crippen LogP contribution in [0.25, 0.3) is 5.70 Å². The summed E-state index contributed by atoms with van der Waals surface area (Å²) in [5, 5.41) is 1.56. The van der Waals surface area contributed by atoms with Gasteiger partial charge in [-0.25, -0.2) is 5.84 Å². The van der Waals surface area contributed by atoms with Gasteiger partial charge in [-0.1, -0.05) is 30.3 Å². The van der Waals surface area contributed by atoms with Gasteiger partial charge in [-0.05, 0) is 12.5 Å². The minimum absolute atomic E-state index is 0.685. The van der Waals surface area contributed by atoms with E-state index in [0.717, 1.165) is 12.1 Å². The first-order chi connectivity index (χ1) is 6.24. The molecule has 0 fully saturated rings. The maximum absolute atomic E-state index is 5.81. The van der Waals surface area contributed by atoms with Crippen molar-refractivity contribution < 1.29 is 0 Å².